The molecule has 1 aromatic carbocycles. The van der Waals surface area contributed by atoms with Crippen molar-refractivity contribution in [3.8, 4) is 0 Å². The van der Waals surface area contributed by atoms with Crippen molar-refractivity contribution < 1.29 is 9.90 Å². The Balaban J connectivity index is 1.59. The summed E-state index contributed by atoms with van der Waals surface area (Å²) in [5.74, 6) is 0.0794. The van der Waals surface area contributed by atoms with Crippen molar-refractivity contribution in [2.45, 2.75) is 44.6 Å². The summed E-state index contributed by atoms with van der Waals surface area (Å²) in [4.78, 5) is 19.2. The monoisotopic (exact) mass is 378 g/mol. The number of carboxylic acids is 1. The number of hydrogen-bond donors (Lipinski definition) is 1. The van der Waals surface area contributed by atoms with Gasteiger partial charge in [0.2, 0.25) is 0 Å². The molecule has 28 heavy (non-hydrogen) atoms. The fourth-order valence-electron chi connectivity index (χ4n) is 3.84. The highest BCUT2D eigenvalue weighted by molar-refractivity contribution is 5.80. The van der Waals surface area contributed by atoms with Crippen LogP contribution in [0.1, 0.15) is 39.3 Å². The van der Waals surface area contributed by atoms with E-state index in [2.05, 4.69) is 36.8 Å². The molecule has 146 valence electrons. The lowest BCUT2D eigenvalue weighted by Gasteiger charge is -2.39. The molecule has 0 radical (unpaired) electrons. The predicted molar refractivity (Wildman–Crippen MR) is 110 cm³/mol. The molecule has 1 aliphatic heterocycles. The first kappa shape index (κ1) is 18.5. The number of piperidine rings is 1. The molecule has 0 atom stereocenters. The number of anilines is 1. The van der Waals surface area contributed by atoms with E-state index in [0.29, 0.717) is 25.9 Å². The van der Waals surface area contributed by atoms with Gasteiger partial charge in [0, 0.05) is 42.9 Å². The van der Waals surface area contributed by atoms with Crippen LogP contribution in [-0.2, 0) is 15.7 Å². The van der Waals surface area contributed by atoms with Crippen LogP contribution in [-0.4, -0.2) is 38.9 Å². The molecule has 0 bridgehead atoms. The Morgan fingerprint density at radius 3 is 2.43 bits per heavy atom. The van der Waals surface area contributed by atoms with Gasteiger partial charge < -0.3 is 10.0 Å². The lowest BCUT2D eigenvalue weighted by atomic mass is 9.87. The van der Waals surface area contributed by atoms with E-state index in [1.807, 2.05) is 42.6 Å². The Bertz CT molecular complexity index is 1010. The molecule has 0 aliphatic carbocycles. The summed E-state index contributed by atoms with van der Waals surface area (Å²) in [5, 5.41) is 15.8. The second kappa shape index (κ2) is 6.62. The van der Waals surface area contributed by atoms with E-state index in [9.17, 15) is 9.90 Å². The fourth-order valence-corrected chi connectivity index (χ4v) is 3.84. The summed E-state index contributed by atoms with van der Waals surface area (Å²) in [6.45, 7) is 7.51. The van der Waals surface area contributed by atoms with Gasteiger partial charge in [-0.3, -0.25) is 4.68 Å². The average molecular weight is 378 g/mol. The first-order valence-electron chi connectivity index (χ1n) is 9.70. The van der Waals surface area contributed by atoms with E-state index in [0.717, 1.165) is 22.4 Å². The Morgan fingerprint density at radius 1 is 1.07 bits per heavy atom. The van der Waals surface area contributed by atoms with Gasteiger partial charge in [0.15, 0.2) is 5.54 Å². The molecule has 2 aromatic heterocycles. The highest BCUT2D eigenvalue weighted by Crippen LogP contribution is 2.33. The number of rotatable bonds is 3. The van der Waals surface area contributed by atoms with Crippen LogP contribution < -0.4 is 4.90 Å². The molecule has 4 rings (SSSR count). The smallest absolute Gasteiger partial charge is 0.331 e. The summed E-state index contributed by atoms with van der Waals surface area (Å²) in [7, 11) is 0. The van der Waals surface area contributed by atoms with Gasteiger partial charge in [-0.1, -0.05) is 39.0 Å². The van der Waals surface area contributed by atoms with Crippen LogP contribution in [0.5, 0.6) is 0 Å². The number of benzene rings is 1. The van der Waals surface area contributed by atoms with Crippen LogP contribution in [0, 0.1) is 0 Å². The molecular formula is C22H26N4O2. The number of carboxylic acid groups (broad SMARTS) is 1. The standard InChI is InChI=1S/C22H26N4O2/c1-21(2,3)18-10-13-26(24-18)22(20(27)28)11-14-25(15-12-22)19-9-8-16-6-4-5-7-17(16)23-19/h4-10,13H,11-12,14-15H2,1-3H3,(H,27,28). The number of nitrogens with zero attached hydrogens (tertiary/aromatic N) is 4. The predicted octanol–water partition coefficient (Wildman–Crippen LogP) is 3.81. The molecule has 0 unspecified atom stereocenters. The fraction of sp³-hybridized carbons (Fsp3) is 0.409. The molecular weight excluding hydrogens is 352 g/mol. The third-order valence-corrected chi connectivity index (χ3v) is 5.69. The molecule has 1 N–H and O–H groups in total. The van der Waals surface area contributed by atoms with Crippen molar-refractivity contribution in [3.63, 3.8) is 0 Å². The maximum Gasteiger partial charge on any atom is 0.331 e. The molecule has 1 aliphatic rings. The van der Waals surface area contributed by atoms with Crippen LogP contribution in [0.25, 0.3) is 10.9 Å². The number of aliphatic carboxylic acids is 1. The van der Waals surface area contributed by atoms with Crippen molar-refractivity contribution in [2.24, 2.45) is 0 Å². The van der Waals surface area contributed by atoms with Crippen LogP contribution >= 0.6 is 0 Å². The first-order chi connectivity index (χ1) is 13.3. The van der Waals surface area contributed by atoms with E-state index in [4.69, 9.17) is 4.98 Å². The largest absolute Gasteiger partial charge is 0.479 e. The average Bonchev–Trinajstić information content (AvgIpc) is 3.19. The van der Waals surface area contributed by atoms with Gasteiger partial charge in [0.1, 0.15) is 5.82 Å². The Morgan fingerprint density at radius 2 is 1.79 bits per heavy atom. The molecule has 0 amide bonds. The zero-order valence-electron chi connectivity index (χ0n) is 16.6. The van der Waals surface area contributed by atoms with E-state index < -0.39 is 11.5 Å². The first-order valence-corrected chi connectivity index (χ1v) is 9.70. The number of fused-ring (bicyclic) bond motifs is 1. The van der Waals surface area contributed by atoms with E-state index in [1.54, 1.807) is 4.68 Å². The highest BCUT2D eigenvalue weighted by Gasteiger charge is 2.44. The topological polar surface area (TPSA) is 71.2 Å². The lowest BCUT2D eigenvalue weighted by molar-refractivity contribution is -0.149. The molecule has 1 saturated heterocycles. The van der Waals surface area contributed by atoms with Crippen LogP contribution in [0.15, 0.2) is 48.7 Å². The van der Waals surface area contributed by atoms with Gasteiger partial charge in [0.05, 0.1) is 11.2 Å². The molecule has 3 aromatic rings. The summed E-state index contributed by atoms with van der Waals surface area (Å²) in [6, 6.07) is 14.0. The van der Waals surface area contributed by atoms with Gasteiger partial charge in [-0.15, -0.1) is 0 Å². The molecule has 1 fully saturated rings. The Labute approximate surface area is 164 Å². The van der Waals surface area contributed by atoms with Crippen molar-refractivity contribution in [1.82, 2.24) is 14.8 Å². The maximum atomic E-state index is 12.3. The van der Waals surface area contributed by atoms with Crippen LogP contribution in [0.4, 0.5) is 5.82 Å². The van der Waals surface area contributed by atoms with E-state index in [-0.39, 0.29) is 5.41 Å². The van der Waals surface area contributed by atoms with Gasteiger partial charge in [-0.25, -0.2) is 9.78 Å². The van der Waals surface area contributed by atoms with Gasteiger partial charge in [-0.05, 0) is 24.3 Å². The molecule has 0 spiro atoms. The minimum absolute atomic E-state index is 0.110. The maximum absolute atomic E-state index is 12.3. The van der Waals surface area contributed by atoms with Gasteiger partial charge in [0.25, 0.3) is 0 Å². The molecule has 6 nitrogen and oxygen atoms in total. The van der Waals surface area contributed by atoms with Crippen molar-refractivity contribution in [2.75, 3.05) is 18.0 Å². The summed E-state index contributed by atoms with van der Waals surface area (Å²) < 4.78 is 1.67. The van der Waals surface area contributed by atoms with Crippen LogP contribution in [0.3, 0.4) is 0 Å². The number of carbonyl (C=O) groups is 1. The quantitative estimate of drug-likeness (QED) is 0.750. The minimum atomic E-state index is -1.00. The SMILES string of the molecule is CC(C)(C)c1ccn(C2(C(=O)O)CCN(c3ccc4ccccc4n3)CC2)n1. The molecule has 0 saturated carbocycles. The summed E-state index contributed by atoms with van der Waals surface area (Å²) in [6.07, 6.45) is 2.79. The Kier molecular flexibility index (Phi) is 4.37. The minimum Gasteiger partial charge on any atom is -0.479 e. The van der Waals surface area contributed by atoms with Crippen LogP contribution in [0.2, 0.25) is 0 Å². The summed E-state index contributed by atoms with van der Waals surface area (Å²) >= 11 is 0. The van der Waals surface area contributed by atoms with E-state index in [1.165, 1.54) is 0 Å². The lowest BCUT2D eigenvalue weighted by Crippen LogP contribution is -2.51. The number of para-hydroxylation sites is 1. The zero-order chi connectivity index (χ0) is 19.9. The number of aromatic nitrogens is 3. The highest BCUT2D eigenvalue weighted by atomic mass is 16.4. The van der Waals surface area contributed by atoms with Gasteiger partial charge in [-0.2, -0.15) is 5.10 Å². The molecule has 6 heteroatoms. The van der Waals surface area contributed by atoms with E-state index >= 15 is 0 Å². The van der Waals surface area contributed by atoms with Crippen molar-refractivity contribution >= 4 is 22.7 Å². The van der Waals surface area contributed by atoms with Gasteiger partial charge >= 0.3 is 5.97 Å². The number of pyridine rings is 1. The van der Waals surface area contributed by atoms with Crippen molar-refractivity contribution in [1.29, 1.82) is 0 Å². The number of hydrogen-bond acceptors (Lipinski definition) is 4. The van der Waals surface area contributed by atoms with Crippen molar-refractivity contribution in [3.05, 3.63) is 54.4 Å². The zero-order valence-corrected chi connectivity index (χ0v) is 16.6. The normalized spacial score (nSPS) is 17.0. The second-order valence-electron chi connectivity index (χ2n) is 8.58. The second-order valence-corrected chi connectivity index (χ2v) is 8.58. The third-order valence-electron chi connectivity index (χ3n) is 5.69. The Hall–Kier alpha value is -2.89. The third kappa shape index (κ3) is 3.13. The summed E-state index contributed by atoms with van der Waals surface area (Å²) in [5.41, 5.74) is 0.751. The molecule has 3 heterocycles.